The fraction of sp³-hybridized carbons (Fsp3) is 0.318. The summed E-state index contributed by atoms with van der Waals surface area (Å²) in [6.45, 7) is 3.79. The molecule has 0 aliphatic heterocycles. The summed E-state index contributed by atoms with van der Waals surface area (Å²) in [5.41, 5.74) is 5.03. The summed E-state index contributed by atoms with van der Waals surface area (Å²) in [5, 5.41) is 8.11. The van der Waals surface area contributed by atoms with Crippen LogP contribution < -0.4 is 15.4 Å². The Morgan fingerprint density at radius 2 is 1.71 bits per heavy atom. The molecule has 1 aromatic heterocycles. The molecule has 0 amide bonds. The fourth-order valence-corrected chi connectivity index (χ4v) is 3.41. The van der Waals surface area contributed by atoms with E-state index in [9.17, 15) is 0 Å². The van der Waals surface area contributed by atoms with Gasteiger partial charge in [0.15, 0.2) is 5.96 Å². The minimum Gasteiger partial charge on any atom is -0.496 e. The summed E-state index contributed by atoms with van der Waals surface area (Å²) >= 11 is 0. The number of ether oxygens (including phenoxy) is 1. The highest BCUT2D eigenvalue weighted by Gasteiger charge is 2.07. The quantitative estimate of drug-likeness (QED) is 0.265. The molecule has 1 heterocycles. The number of para-hydroxylation sites is 1. The number of halogens is 1. The van der Waals surface area contributed by atoms with Gasteiger partial charge in [0.05, 0.1) is 7.11 Å². The molecule has 3 aromatic rings. The van der Waals surface area contributed by atoms with E-state index >= 15 is 0 Å². The number of guanidine groups is 1. The van der Waals surface area contributed by atoms with Crippen LogP contribution in [0.4, 0.5) is 0 Å². The van der Waals surface area contributed by atoms with E-state index in [1.54, 1.807) is 14.2 Å². The number of methoxy groups -OCH3 is 1. The molecule has 3 rings (SSSR count). The molecular weight excluding hydrogens is 463 g/mol. The van der Waals surface area contributed by atoms with Crippen LogP contribution in [-0.2, 0) is 12.8 Å². The van der Waals surface area contributed by atoms with Gasteiger partial charge in [0.1, 0.15) is 5.75 Å². The Bertz CT molecular complexity index is 920. The predicted octanol–water partition coefficient (Wildman–Crippen LogP) is 4.05. The second-order valence-corrected chi connectivity index (χ2v) is 6.55. The number of aliphatic imine (C=N–C) groups is 1. The van der Waals surface area contributed by atoms with Crippen LogP contribution in [0.2, 0.25) is 0 Å². The summed E-state index contributed by atoms with van der Waals surface area (Å²) in [6, 6.07) is 14.5. The number of H-pyrrole nitrogens is 1. The van der Waals surface area contributed by atoms with Crippen LogP contribution in [0, 0.1) is 6.92 Å². The number of benzene rings is 2. The number of hydrogen-bond acceptors (Lipinski definition) is 2. The van der Waals surface area contributed by atoms with Crippen molar-refractivity contribution in [2.24, 2.45) is 4.99 Å². The Kier molecular flexibility index (Phi) is 8.63. The molecule has 6 heteroatoms. The summed E-state index contributed by atoms with van der Waals surface area (Å²) in [4.78, 5) is 7.67. The van der Waals surface area contributed by atoms with Crippen LogP contribution >= 0.6 is 24.0 Å². The second-order valence-electron chi connectivity index (χ2n) is 6.55. The zero-order chi connectivity index (χ0) is 19.1. The normalized spacial score (nSPS) is 11.2. The number of rotatable bonds is 7. The average molecular weight is 492 g/mol. The van der Waals surface area contributed by atoms with Gasteiger partial charge >= 0.3 is 0 Å². The van der Waals surface area contributed by atoms with E-state index in [1.165, 1.54) is 27.6 Å². The Labute approximate surface area is 184 Å². The smallest absolute Gasteiger partial charge is 0.190 e. The Hall–Kier alpha value is -2.22. The van der Waals surface area contributed by atoms with Crippen molar-refractivity contribution < 1.29 is 4.74 Å². The maximum atomic E-state index is 5.40. The van der Waals surface area contributed by atoms with Crippen molar-refractivity contribution in [1.82, 2.24) is 15.6 Å². The molecule has 0 fully saturated rings. The lowest BCUT2D eigenvalue weighted by atomic mass is 10.1. The Morgan fingerprint density at radius 3 is 2.43 bits per heavy atom. The van der Waals surface area contributed by atoms with Crippen LogP contribution in [0.5, 0.6) is 5.75 Å². The highest BCUT2D eigenvalue weighted by molar-refractivity contribution is 14.0. The molecule has 0 saturated carbocycles. The van der Waals surface area contributed by atoms with Crippen molar-refractivity contribution >= 4 is 40.8 Å². The third-order valence-corrected chi connectivity index (χ3v) is 4.79. The molecule has 2 aromatic carbocycles. The van der Waals surface area contributed by atoms with Gasteiger partial charge in [0.2, 0.25) is 0 Å². The molecule has 0 radical (unpaired) electrons. The van der Waals surface area contributed by atoms with Crippen molar-refractivity contribution in [3.8, 4) is 5.75 Å². The van der Waals surface area contributed by atoms with Gasteiger partial charge in [-0.05, 0) is 48.6 Å². The van der Waals surface area contributed by atoms with Crippen LogP contribution in [0.15, 0.2) is 53.7 Å². The van der Waals surface area contributed by atoms with Gasteiger partial charge in [0, 0.05) is 37.2 Å². The van der Waals surface area contributed by atoms with E-state index in [0.717, 1.165) is 37.6 Å². The van der Waals surface area contributed by atoms with Gasteiger partial charge in [0.25, 0.3) is 0 Å². The number of aromatic amines is 1. The molecule has 0 aliphatic rings. The zero-order valence-corrected chi connectivity index (χ0v) is 19.0. The summed E-state index contributed by atoms with van der Waals surface area (Å²) in [6.07, 6.45) is 3.93. The van der Waals surface area contributed by atoms with Crippen LogP contribution in [0.1, 0.15) is 16.7 Å². The minimum atomic E-state index is 0. The first-order chi connectivity index (χ1) is 13.2. The minimum absolute atomic E-state index is 0. The van der Waals surface area contributed by atoms with Gasteiger partial charge in [-0.1, -0.05) is 30.3 Å². The first kappa shape index (κ1) is 22.1. The van der Waals surface area contributed by atoms with Crippen molar-refractivity contribution in [2.75, 3.05) is 27.2 Å². The third kappa shape index (κ3) is 5.41. The lowest BCUT2D eigenvalue weighted by Crippen LogP contribution is -2.39. The van der Waals surface area contributed by atoms with Gasteiger partial charge in [-0.25, -0.2) is 0 Å². The monoisotopic (exact) mass is 492 g/mol. The largest absolute Gasteiger partial charge is 0.496 e. The van der Waals surface area contributed by atoms with Crippen LogP contribution in [-0.4, -0.2) is 38.2 Å². The van der Waals surface area contributed by atoms with Gasteiger partial charge in [-0.15, -0.1) is 24.0 Å². The van der Waals surface area contributed by atoms with E-state index < -0.39 is 0 Å². The summed E-state index contributed by atoms with van der Waals surface area (Å²) < 4.78 is 5.40. The molecule has 28 heavy (non-hydrogen) atoms. The number of aromatic nitrogens is 1. The lowest BCUT2D eigenvalue weighted by molar-refractivity contribution is 0.409. The fourth-order valence-electron chi connectivity index (χ4n) is 3.41. The van der Waals surface area contributed by atoms with Gasteiger partial charge < -0.3 is 20.4 Å². The van der Waals surface area contributed by atoms with Gasteiger partial charge in [-0.2, -0.15) is 0 Å². The maximum absolute atomic E-state index is 5.40. The predicted molar refractivity (Wildman–Crippen MR) is 128 cm³/mol. The molecule has 0 aliphatic carbocycles. The summed E-state index contributed by atoms with van der Waals surface area (Å²) in [7, 11) is 3.51. The number of nitrogens with zero attached hydrogens (tertiary/aromatic N) is 1. The Balaban J connectivity index is 0.00000280. The van der Waals surface area contributed by atoms with Crippen molar-refractivity contribution in [3.05, 3.63) is 65.4 Å². The third-order valence-electron chi connectivity index (χ3n) is 4.79. The molecule has 0 spiro atoms. The SMILES string of the molecule is CN=C(NCCc1ccccc1OC)NCCc1c[nH]c2cccc(C)c12.I. The first-order valence-electron chi connectivity index (χ1n) is 9.35. The van der Waals surface area contributed by atoms with Crippen molar-refractivity contribution in [1.29, 1.82) is 0 Å². The molecule has 5 nitrogen and oxygen atoms in total. The van der Waals surface area contributed by atoms with E-state index in [1.807, 2.05) is 18.2 Å². The second kappa shape index (κ2) is 10.9. The van der Waals surface area contributed by atoms with Crippen molar-refractivity contribution in [3.63, 3.8) is 0 Å². The molecule has 0 atom stereocenters. The van der Waals surface area contributed by atoms with Crippen LogP contribution in [0.3, 0.4) is 0 Å². The molecule has 150 valence electrons. The topological polar surface area (TPSA) is 61.4 Å². The van der Waals surface area contributed by atoms with E-state index in [-0.39, 0.29) is 24.0 Å². The maximum Gasteiger partial charge on any atom is 0.190 e. The molecular formula is C22H29IN4O. The Morgan fingerprint density at radius 1 is 1.00 bits per heavy atom. The molecule has 3 N–H and O–H groups in total. The van der Waals surface area contributed by atoms with Crippen LogP contribution in [0.25, 0.3) is 10.9 Å². The highest BCUT2D eigenvalue weighted by Crippen LogP contribution is 2.22. The molecule has 0 bridgehead atoms. The van der Waals surface area contributed by atoms with Gasteiger partial charge in [-0.3, -0.25) is 4.99 Å². The molecule has 0 unspecified atom stereocenters. The number of nitrogens with one attached hydrogen (secondary N) is 3. The standard InChI is InChI=1S/C22H28N4O.HI/c1-16-7-6-9-19-21(16)18(15-26-19)12-14-25-22(23-2)24-13-11-17-8-4-5-10-20(17)27-3;/h4-10,15,26H,11-14H2,1-3H3,(H2,23,24,25);1H. The van der Waals surface area contributed by atoms with Crippen molar-refractivity contribution in [2.45, 2.75) is 19.8 Å². The summed E-state index contributed by atoms with van der Waals surface area (Å²) in [5.74, 6) is 1.75. The number of fused-ring (bicyclic) bond motifs is 1. The number of hydrogen-bond donors (Lipinski definition) is 3. The number of aryl methyl sites for hydroxylation is 1. The van der Waals surface area contributed by atoms with E-state index in [4.69, 9.17) is 4.74 Å². The van der Waals surface area contributed by atoms with E-state index in [0.29, 0.717) is 0 Å². The average Bonchev–Trinajstić information content (AvgIpc) is 3.11. The molecule has 0 saturated heterocycles. The first-order valence-corrected chi connectivity index (χ1v) is 9.35. The lowest BCUT2D eigenvalue weighted by Gasteiger charge is -2.13. The highest BCUT2D eigenvalue weighted by atomic mass is 127. The zero-order valence-electron chi connectivity index (χ0n) is 16.7. The van der Waals surface area contributed by atoms with E-state index in [2.05, 4.69) is 58.0 Å².